The van der Waals surface area contributed by atoms with Gasteiger partial charge in [-0.05, 0) is 48.9 Å². The predicted octanol–water partition coefficient (Wildman–Crippen LogP) is 3.28. The van der Waals surface area contributed by atoms with Gasteiger partial charge in [0.25, 0.3) is 5.91 Å². The van der Waals surface area contributed by atoms with Gasteiger partial charge in [-0.15, -0.1) is 0 Å². The van der Waals surface area contributed by atoms with Crippen LogP contribution in [0.5, 0.6) is 0 Å². The predicted molar refractivity (Wildman–Crippen MR) is 114 cm³/mol. The molecule has 0 bridgehead atoms. The molecule has 3 aromatic rings. The standard InChI is InChI=1S/C24H25N5O/c1-17(13-25)20-6-7-22-27-21(16-29(22)15-20)23(30)28-10-8-24(9-11-28)12-18-4-2-3-5-19(18)14-26-24/h2-7,15-17,26H,8-12,14H2,1H3. The lowest BCUT2D eigenvalue weighted by Gasteiger charge is -2.45. The number of amides is 1. The zero-order valence-corrected chi connectivity index (χ0v) is 17.1. The second kappa shape index (κ2) is 7.26. The van der Waals surface area contributed by atoms with Gasteiger partial charge in [0, 0.05) is 37.6 Å². The lowest BCUT2D eigenvalue weighted by Crippen LogP contribution is -2.57. The molecule has 1 spiro atoms. The number of nitrogens with one attached hydrogen (secondary N) is 1. The summed E-state index contributed by atoms with van der Waals surface area (Å²) in [6.45, 7) is 4.24. The maximum atomic E-state index is 13.1. The number of carbonyl (C=O) groups excluding carboxylic acids is 1. The van der Waals surface area contributed by atoms with Crippen molar-refractivity contribution in [1.82, 2.24) is 19.6 Å². The number of pyridine rings is 1. The fourth-order valence-electron chi connectivity index (χ4n) is 4.71. The molecule has 2 aliphatic rings. The van der Waals surface area contributed by atoms with Crippen LogP contribution in [0.3, 0.4) is 0 Å². The number of carbonyl (C=O) groups is 1. The minimum atomic E-state index is -0.192. The van der Waals surface area contributed by atoms with Crippen LogP contribution in [0.25, 0.3) is 5.65 Å². The smallest absolute Gasteiger partial charge is 0.274 e. The van der Waals surface area contributed by atoms with E-state index in [-0.39, 0.29) is 17.4 Å². The molecular weight excluding hydrogens is 374 g/mol. The number of rotatable bonds is 2. The molecule has 6 nitrogen and oxygen atoms in total. The van der Waals surface area contributed by atoms with Gasteiger partial charge in [-0.1, -0.05) is 30.3 Å². The van der Waals surface area contributed by atoms with Crippen LogP contribution in [-0.4, -0.2) is 38.8 Å². The van der Waals surface area contributed by atoms with Crippen molar-refractivity contribution in [2.24, 2.45) is 0 Å². The maximum Gasteiger partial charge on any atom is 0.274 e. The molecule has 6 heteroatoms. The zero-order valence-electron chi connectivity index (χ0n) is 17.1. The fourth-order valence-corrected chi connectivity index (χ4v) is 4.71. The highest BCUT2D eigenvalue weighted by Gasteiger charge is 2.38. The second-order valence-electron chi connectivity index (χ2n) is 8.58. The van der Waals surface area contributed by atoms with Crippen molar-refractivity contribution in [2.45, 2.75) is 44.2 Å². The molecule has 1 amide bonds. The molecule has 5 rings (SSSR count). The van der Waals surface area contributed by atoms with Gasteiger partial charge in [0.15, 0.2) is 0 Å². The monoisotopic (exact) mass is 399 g/mol. The summed E-state index contributed by atoms with van der Waals surface area (Å²) in [6, 6.07) is 14.7. The van der Waals surface area contributed by atoms with E-state index in [1.54, 1.807) is 6.20 Å². The average molecular weight is 399 g/mol. The third-order valence-electron chi connectivity index (χ3n) is 6.70. The summed E-state index contributed by atoms with van der Waals surface area (Å²) >= 11 is 0. The number of hydrogen-bond donors (Lipinski definition) is 1. The van der Waals surface area contributed by atoms with Crippen molar-refractivity contribution in [3.8, 4) is 6.07 Å². The lowest BCUT2D eigenvalue weighted by molar-refractivity contribution is 0.0626. The van der Waals surface area contributed by atoms with Crippen LogP contribution >= 0.6 is 0 Å². The quantitative estimate of drug-likeness (QED) is 0.718. The molecule has 1 aromatic carbocycles. The highest BCUT2D eigenvalue weighted by molar-refractivity contribution is 5.93. The van der Waals surface area contributed by atoms with E-state index in [1.807, 2.05) is 34.6 Å². The SMILES string of the molecule is CC(C#N)c1ccc2nc(C(=O)N3CCC4(CC3)Cc3ccccc3CN4)cn2c1. The highest BCUT2D eigenvalue weighted by atomic mass is 16.2. The van der Waals surface area contributed by atoms with Crippen LogP contribution < -0.4 is 5.32 Å². The van der Waals surface area contributed by atoms with Crippen LogP contribution in [0.4, 0.5) is 0 Å². The molecule has 1 unspecified atom stereocenters. The number of nitriles is 1. The van der Waals surface area contributed by atoms with Crippen LogP contribution in [0.1, 0.15) is 52.9 Å². The first-order chi connectivity index (χ1) is 14.6. The van der Waals surface area contributed by atoms with Crippen molar-refractivity contribution >= 4 is 11.6 Å². The molecule has 0 aliphatic carbocycles. The summed E-state index contributed by atoms with van der Waals surface area (Å²) in [4.78, 5) is 19.5. The van der Waals surface area contributed by atoms with E-state index in [4.69, 9.17) is 5.26 Å². The van der Waals surface area contributed by atoms with Crippen LogP contribution in [-0.2, 0) is 13.0 Å². The van der Waals surface area contributed by atoms with Gasteiger partial charge in [0.2, 0.25) is 0 Å². The summed E-state index contributed by atoms with van der Waals surface area (Å²) in [5.74, 6) is -0.206. The van der Waals surface area contributed by atoms with Crippen molar-refractivity contribution in [3.05, 3.63) is 71.2 Å². The van der Waals surface area contributed by atoms with E-state index in [0.29, 0.717) is 5.69 Å². The largest absolute Gasteiger partial charge is 0.337 e. The van der Waals surface area contributed by atoms with Crippen molar-refractivity contribution in [1.29, 1.82) is 5.26 Å². The number of nitrogens with zero attached hydrogens (tertiary/aromatic N) is 4. The molecule has 1 atom stereocenters. The Bertz CT molecular complexity index is 1150. The maximum absolute atomic E-state index is 13.1. The van der Waals surface area contributed by atoms with Crippen LogP contribution in [0.15, 0.2) is 48.8 Å². The number of fused-ring (bicyclic) bond motifs is 2. The first-order valence-corrected chi connectivity index (χ1v) is 10.6. The highest BCUT2D eigenvalue weighted by Crippen LogP contribution is 2.32. The molecule has 2 aromatic heterocycles. The molecule has 30 heavy (non-hydrogen) atoms. The normalized spacial score (nSPS) is 18.7. The third-order valence-corrected chi connectivity index (χ3v) is 6.70. The van der Waals surface area contributed by atoms with E-state index in [0.717, 1.165) is 50.1 Å². The Balaban J connectivity index is 1.30. The van der Waals surface area contributed by atoms with Crippen LogP contribution in [0, 0.1) is 11.3 Å². The minimum absolute atomic E-state index is 0.0142. The molecular formula is C24H25N5O. The lowest BCUT2D eigenvalue weighted by atomic mass is 9.78. The molecule has 1 fully saturated rings. The molecule has 4 heterocycles. The minimum Gasteiger partial charge on any atom is -0.337 e. The third kappa shape index (κ3) is 3.25. The Morgan fingerprint density at radius 3 is 2.70 bits per heavy atom. The number of benzene rings is 1. The first-order valence-electron chi connectivity index (χ1n) is 10.6. The van der Waals surface area contributed by atoms with E-state index in [1.165, 1.54) is 11.1 Å². The number of imidazole rings is 1. The Kier molecular flexibility index (Phi) is 4.56. The van der Waals surface area contributed by atoms with Gasteiger partial charge in [-0.2, -0.15) is 5.26 Å². The summed E-state index contributed by atoms with van der Waals surface area (Å²) in [5.41, 5.74) is 5.02. The Labute approximate surface area is 176 Å². The zero-order chi connectivity index (χ0) is 20.7. The number of aromatic nitrogens is 2. The molecule has 152 valence electrons. The van der Waals surface area contributed by atoms with Gasteiger partial charge in [-0.3, -0.25) is 4.79 Å². The summed E-state index contributed by atoms with van der Waals surface area (Å²) in [7, 11) is 0. The number of hydrogen-bond acceptors (Lipinski definition) is 4. The topological polar surface area (TPSA) is 73.4 Å². The van der Waals surface area contributed by atoms with Crippen molar-refractivity contribution < 1.29 is 4.79 Å². The summed E-state index contributed by atoms with van der Waals surface area (Å²) < 4.78 is 1.85. The van der Waals surface area contributed by atoms with Crippen LogP contribution in [0.2, 0.25) is 0 Å². The number of piperidine rings is 1. The van der Waals surface area contributed by atoms with E-state index in [9.17, 15) is 4.79 Å². The van der Waals surface area contributed by atoms with Gasteiger partial charge < -0.3 is 14.6 Å². The van der Waals surface area contributed by atoms with Gasteiger partial charge >= 0.3 is 0 Å². The molecule has 1 N–H and O–H groups in total. The second-order valence-corrected chi connectivity index (χ2v) is 8.58. The van der Waals surface area contributed by atoms with E-state index < -0.39 is 0 Å². The van der Waals surface area contributed by atoms with E-state index >= 15 is 0 Å². The van der Waals surface area contributed by atoms with Crippen molar-refractivity contribution in [3.63, 3.8) is 0 Å². The molecule has 0 radical (unpaired) electrons. The summed E-state index contributed by atoms with van der Waals surface area (Å²) in [6.07, 6.45) is 6.60. The average Bonchev–Trinajstić information content (AvgIpc) is 3.22. The first kappa shape index (κ1) is 18.8. The molecule has 1 saturated heterocycles. The Morgan fingerprint density at radius 1 is 1.17 bits per heavy atom. The van der Waals surface area contributed by atoms with E-state index in [2.05, 4.69) is 40.6 Å². The Hall–Kier alpha value is -3.17. The fraction of sp³-hybridized carbons (Fsp3) is 0.375. The Morgan fingerprint density at radius 2 is 1.93 bits per heavy atom. The molecule has 2 aliphatic heterocycles. The summed E-state index contributed by atoms with van der Waals surface area (Å²) in [5, 5.41) is 12.9. The molecule has 0 saturated carbocycles. The van der Waals surface area contributed by atoms with Gasteiger partial charge in [0.05, 0.1) is 12.0 Å². The number of likely N-dealkylation sites (tertiary alicyclic amines) is 1. The van der Waals surface area contributed by atoms with Gasteiger partial charge in [-0.25, -0.2) is 4.98 Å². The van der Waals surface area contributed by atoms with Gasteiger partial charge in [0.1, 0.15) is 11.3 Å². The van der Waals surface area contributed by atoms with Crippen molar-refractivity contribution in [2.75, 3.05) is 13.1 Å².